The van der Waals surface area contributed by atoms with Crippen LogP contribution in [-0.4, -0.2) is 21.4 Å². The number of carbonyl (C=O) groups is 2. The maximum absolute atomic E-state index is 13.4. The summed E-state index contributed by atoms with van der Waals surface area (Å²) in [6.07, 6.45) is 1.91. The third-order valence-corrected chi connectivity index (χ3v) is 6.77. The number of nitrogens with zero attached hydrogens (tertiary/aromatic N) is 2. The molecule has 1 aromatic heterocycles. The molecule has 5 rings (SSSR count). The third kappa shape index (κ3) is 3.40. The van der Waals surface area contributed by atoms with Gasteiger partial charge in [-0.3, -0.25) is 14.5 Å². The molecule has 1 fully saturated rings. The Labute approximate surface area is 202 Å². The van der Waals surface area contributed by atoms with Crippen LogP contribution >= 0.6 is 11.6 Å². The standard InChI is InChI=1S/C28H23ClN2O3/c1-16-11-12-18(13-17(16)2)26(32)24-25(22-15-30(3)23-10-5-4-9-21(22)23)31(28(34)27(24)33)20-8-6-7-19(29)14-20/h4-15,25,32H,1-3H3/b26-24+. The molecule has 0 saturated carbocycles. The smallest absolute Gasteiger partial charge is 0.300 e. The predicted octanol–water partition coefficient (Wildman–Crippen LogP) is 6.07. The number of hydrogen-bond acceptors (Lipinski definition) is 3. The van der Waals surface area contributed by atoms with Gasteiger partial charge in [0.2, 0.25) is 0 Å². The predicted molar refractivity (Wildman–Crippen MR) is 135 cm³/mol. The van der Waals surface area contributed by atoms with Crippen molar-refractivity contribution < 1.29 is 14.7 Å². The number of carbonyl (C=O) groups excluding carboxylic acids is 2. The second-order valence-corrected chi connectivity index (χ2v) is 9.10. The number of rotatable bonds is 3. The van der Waals surface area contributed by atoms with Gasteiger partial charge in [0.25, 0.3) is 11.7 Å². The average molecular weight is 471 g/mol. The highest BCUT2D eigenvalue weighted by molar-refractivity contribution is 6.52. The number of hydrogen-bond donors (Lipinski definition) is 1. The number of amides is 1. The number of Topliss-reactive ketones (excluding diaryl/α,β-unsaturated/α-hetero) is 1. The minimum atomic E-state index is -0.814. The molecule has 0 radical (unpaired) electrons. The van der Waals surface area contributed by atoms with Gasteiger partial charge >= 0.3 is 0 Å². The highest BCUT2D eigenvalue weighted by Crippen LogP contribution is 2.45. The Morgan fingerprint density at radius 3 is 2.44 bits per heavy atom. The molecule has 34 heavy (non-hydrogen) atoms. The molecule has 4 aromatic rings. The molecule has 0 aliphatic carbocycles. The maximum Gasteiger partial charge on any atom is 0.300 e. The molecule has 1 N–H and O–H groups in total. The van der Waals surface area contributed by atoms with Gasteiger partial charge in [-0.05, 0) is 55.3 Å². The first-order chi connectivity index (χ1) is 16.3. The summed E-state index contributed by atoms with van der Waals surface area (Å²) in [5.74, 6) is -1.62. The number of ketones is 1. The fourth-order valence-corrected chi connectivity index (χ4v) is 4.84. The Balaban J connectivity index is 1.81. The molecule has 1 aliphatic heterocycles. The fraction of sp³-hybridized carbons (Fsp3) is 0.143. The molecule has 1 unspecified atom stereocenters. The van der Waals surface area contributed by atoms with Crippen LogP contribution < -0.4 is 4.90 Å². The van der Waals surface area contributed by atoms with Crippen LogP contribution in [0.4, 0.5) is 5.69 Å². The molecule has 5 nitrogen and oxygen atoms in total. The first-order valence-electron chi connectivity index (χ1n) is 11.0. The lowest BCUT2D eigenvalue weighted by Gasteiger charge is -2.25. The van der Waals surface area contributed by atoms with E-state index >= 15 is 0 Å². The van der Waals surface area contributed by atoms with Crippen LogP contribution in [0.15, 0.2) is 78.5 Å². The lowest BCUT2D eigenvalue weighted by Crippen LogP contribution is -2.29. The Hall–Kier alpha value is -3.83. The first kappa shape index (κ1) is 22.0. The molecule has 0 spiro atoms. The van der Waals surface area contributed by atoms with E-state index in [2.05, 4.69) is 0 Å². The minimum Gasteiger partial charge on any atom is -0.507 e. The summed E-state index contributed by atoms with van der Waals surface area (Å²) < 4.78 is 1.96. The van der Waals surface area contributed by atoms with Gasteiger partial charge in [-0.1, -0.05) is 48.0 Å². The topological polar surface area (TPSA) is 62.5 Å². The number of para-hydroxylation sites is 1. The minimum absolute atomic E-state index is 0.0598. The molecule has 2 heterocycles. The molecule has 0 bridgehead atoms. The SMILES string of the molecule is Cc1ccc(/C(O)=C2\C(=O)C(=O)N(c3cccc(Cl)c3)C2c2cn(C)c3ccccc23)cc1C. The van der Waals surface area contributed by atoms with Crippen LogP contribution in [0.2, 0.25) is 5.02 Å². The number of anilines is 1. The van der Waals surface area contributed by atoms with E-state index in [1.165, 1.54) is 4.90 Å². The fourth-order valence-electron chi connectivity index (χ4n) is 4.65. The molecule has 1 saturated heterocycles. The normalized spacial score (nSPS) is 17.6. The van der Waals surface area contributed by atoms with Gasteiger partial charge in [0.05, 0.1) is 11.6 Å². The van der Waals surface area contributed by atoms with Crippen molar-refractivity contribution in [2.75, 3.05) is 4.90 Å². The van der Waals surface area contributed by atoms with Crippen LogP contribution in [0.5, 0.6) is 0 Å². The largest absolute Gasteiger partial charge is 0.507 e. The van der Waals surface area contributed by atoms with Crippen LogP contribution in [0.3, 0.4) is 0 Å². The van der Waals surface area contributed by atoms with E-state index in [0.29, 0.717) is 16.3 Å². The molecule has 1 amide bonds. The summed E-state index contributed by atoms with van der Waals surface area (Å²) in [7, 11) is 1.92. The van der Waals surface area contributed by atoms with Crippen molar-refractivity contribution in [1.29, 1.82) is 0 Å². The number of aliphatic hydroxyl groups excluding tert-OH is 1. The summed E-state index contributed by atoms with van der Waals surface area (Å²) in [6.45, 7) is 3.92. The third-order valence-electron chi connectivity index (χ3n) is 6.53. The molecule has 1 aliphatic rings. The van der Waals surface area contributed by atoms with E-state index in [9.17, 15) is 14.7 Å². The maximum atomic E-state index is 13.4. The van der Waals surface area contributed by atoms with Crippen LogP contribution in [0, 0.1) is 13.8 Å². The van der Waals surface area contributed by atoms with Gasteiger partial charge in [-0.25, -0.2) is 0 Å². The van der Waals surface area contributed by atoms with E-state index < -0.39 is 17.7 Å². The summed E-state index contributed by atoms with van der Waals surface area (Å²) in [5.41, 5.74) is 4.81. The second-order valence-electron chi connectivity index (χ2n) is 8.66. The quantitative estimate of drug-likeness (QED) is 0.224. The number of aliphatic hydroxyl groups is 1. The van der Waals surface area contributed by atoms with Gasteiger partial charge in [-0.15, -0.1) is 0 Å². The van der Waals surface area contributed by atoms with E-state index in [1.54, 1.807) is 30.3 Å². The average Bonchev–Trinajstić information content (AvgIpc) is 3.29. The zero-order valence-electron chi connectivity index (χ0n) is 19.0. The molecule has 1 atom stereocenters. The highest BCUT2D eigenvalue weighted by atomic mass is 35.5. The number of benzene rings is 3. The van der Waals surface area contributed by atoms with Crippen molar-refractivity contribution in [3.63, 3.8) is 0 Å². The van der Waals surface area contributed by atoms with Gasteiger partial charge in [-0.2, -0.15) is 0 Å². The van der Waals surface area contributed by atoms with Crippen LogP contribution in [0.1, 0.15) is 28.3 Å². The Bertz CT molecular complexity index is 1520. The lowest BCUT2D eigenvalue weighted by molar-refractivity contribution is -0.132. The van der Waals surface area contributed by atoms with Crippen molar-refractivity contribution in [2.24, 2.45) is 7.05 Å². The molecule has 170 valence electrons. The van der Waals surface area contributed by atoms with E-state index in [-0.39, 0.29) is 11.3 Å². The Kier molecular flexibility index (Phi) is 5.29. The first-order valence-corrected chi connectivity index (χ1v) is 11.3. The molecular formula is C28H23ClN2O3. The second kappa shape index (κ2) is 8.19. The van der Waals surface area contributed by atoms with Crippen molar-refractivity contribution in [1.82, 2.24) is 4.57 Å². The highest BCUT2D eigenvalue weighted by Gasteiger charge is 2.48. The molecular weight excluding hydrogens is 448 g/mol. The summed E-state index contributed by atoms with van der Waals surface area (Å²) in [6, 6.07) is 19.3. The zero-order valence-corrected chi connectivity index (χ0v) is 19.8. The summed E-state index contributed by atoms with van der Waals surface area (Å²) >= 11 is 6.24. The van der Waals surface area contributed by atoms with E-state index in [0.717, 1.165) is 27.6 Å². The van der Waals surface area contributed by atoms with Gasteiger partial charge < -0.3 is 9.67 Å². The monoisotopic (exact) mass is 470 g/mol. The summed E-state index contributed by atoms with van der Waals surface area (Å²) in [4.78, 5) is 28.2. The number of aryl methyl sites for hydroxylation is 3. The van der Waals surface area contributed by atoms with E-state index in [4.69, 9.17) is 11.6 Å². The van der Waals surface area contributed by atoms with E-state index in [1.807, 2.05) is 68.1 Å². The van der Waals surface area contributed by atoms with Crippen LogP contribution in [-0.2, 0) is 16.6 Å². The van der Waals surface area contributed by atoms with Gasteiger partial charge in [0.1, 0.15) is 5.76 Å². The Morgan fingerprint density at radius 1 is 0.941 bits per heavy atom. The summed E-state index contributed by atoms with van der Waals surface area (Å²) in [5, 5.41) is 12.7. The van der Waals surface area contributed by atoms with Gasteiger partial charge in [0.15, 0.2) is 0 Å². The van der Waals surface area contributed by atoms with Crippen molar-refractivity contribution >= 4 is 45.6 Å². The molecule has 3 aromatic carbocycles. The zero-order chi connectivity index (χ0) is 24.1. The van der Waals surface area contributed by atoms with Gasteiger partial charge in [0, 0.05) is 46.0 Å². The van der Waals surface area contributed by atoms with Crippen molar-refractivity contribution in [2.45, 2.75) is 19.9 Å². The molecule has 6 heteroatoms. The van der Waals surface area contributed by atoms with Crippen LogP contribution in [0.25, 0.3) is 16.7 Å². The number of aromatic nitrogens is 1. The number of halogens is 1. The lowest BCUT2D eigenvalue weighted by atomic mass is 9.94. The number of fused-ring (bicyclic) bond motifs is 1. The Morgan fingerprint density at radius 2 is 1.71 bits per heavy atom. The van der Waals surface area contributed by atoms with Crippen molar-refractivity contribution in [3.05, 3.63) is 106 Å². The van der Waals surface area contributed by atoms with Crippen molar-refractivity contribution in [3.8, 4) is 0 Å².